The molecule has 0 saturated heterocycles. The van der Waals surface area contributed by atoms with E-state index in [2.05, 4.69) is 19.2 Å². The molecule has 5 heteroatoms. The van der Waals surface area contributed by atoms with Crippen molar-refractivity contribution >= 4 is 11.9 Å². The number of carbonyl (C=O) groups excluding carboxylic acids is 2. The van der Waals surface area contributed by atoms with Gasteiger partial charge in [-0.2, -0.15) is 0 Å². The van der Waals surface area contributed by atoms with Gasteiger partial charge in [0.2, 0.25) is 5.91 Å². The maximum Gasteiger partial charge on any atom is 0.332 e. The van der Waals surface area contributed by atoms with E-state index in [9.17, 15) is 9.59 Å². The molecule has 0 aliphatic heterocycles. The SMILES string of the molecule is CCOC(=O)C(N)C(=O)NCc1ccc(C(C)C)cc1. The van der Waals surface area contributed by atoms with Gasteiger partial charge in [-0.1, -0.05) is 38.1 Å². The Morgan fingerprint density at radius 3 is 2.35 bits per heavy atom. The molecule has 0 spiro atoms. The third-order valence-corrected chi connectivity index (χ3v) is 2.94. The predicted octanol–water partition coefficient (Wildman–Crippen LogP) is 1.32. The van der Waals surface area contributed by atoms with E-state index < -0.39 is 17.9 Å². The minimum Gasteiger partial charge on any atom is -0.464 e. The number of hydrogen-bond donors (Lipinski definition) is 2. The van der Waals surface area contributed by atoms with Gasteiger partial charge in [0.1, 0.15) is 0 Å². The van der Waals surface area contributed by atoms with Gasteiger partial charge in [-0.15, -0.1) is 0 Å². The van der Waals surface area contributed by atoms with Gasteiger partial charge in [-0.3, -0.25) is 4.79 Å². The number of carbonyl (C=O) groups is 2. The molecule has 1 unspecified atom stereocenters. The zero-order valence-electron chi connectivity index (χ0n) is 12.2. The van der Waals surface area contributed by atoms with E-state index in [1.54, 1.807) is 6.92 Å². The summed E-state index contributed by atoms with van der Waals surface area (Å²) >= 11 is 0. The highest BCUT2D eigenvalue weighted by Crippen LogP contribution is 2.14. The fraction of sp³-hybridized carbons (Fsp3) is 0.467. The normalized spacial score (nSPS) is 12.1. The van der Waals surface area contributed by atoms with Crippen molar-refractivity contribution < 1.29 is 14.3 Å². The molecule has 0 heterocycles. The number of esters is 1. The van der Waals surface area contributed by atoms with Crippen LogP contribution in [0.5, 0.6) is 0 Å². The standard InChI is InChI=1S/C15H22N2O3/c1-4-20-15(19)13(16)14(18)17-9-11-5-7-12(8-6-11)10(2)3/h5-8,10,13H,4,9,16H2,1-3H3,(H,17,18). The van der Waals surface area contributed by atoms with Crippen LogP contribution in [0.25, 0.3) is 0 Å². The Kier molecular flexibility index (Phi) is 6.18. The van der Waals surface area contributed by atoms with Crippen molar-refractivity contribution in [3.8, 4) is 0 Å². The molecule has 5 nitrogen and oxygen atoms in total. The number of benzene rings is 1. The Labute approximate surface area is 119 Å². The van der Waals surface area contributed by atoms with Gasteiger partial charge in [0.05, 0.1) is 6.61 Å². The minimum atomic E-state index is -1.27. The first kappa shape index (κ1) is 16.2. The van der Waals surface area contributed by atoms with E-state index in [0.29, 0.717) is 12.5 Å². The summed E-state index contributed by atoms with van der Waals surface area (Å²) in [6, 6.07) is 6.68. The number of nitrogens with two attached hydrogens (primary N) is 1. The van der Waals surface area contributed by atoms with Gasteiger partial charge < -0.3 is 15.8 Å². The molecular weight excluding hydrogens is 256 g/mol. The van der Waals surface area contributed by atoms with Gasteiger partial charge in [0.25, 0.3) is 0 Å². The van der Waals surface area contributed by atoms with E-state index >= 15 is 0 Å². The smallest absolute Gasteiger partial charge is 0.332 e. The van der Waals surface area contributed by atoms with Gasteiger partial charge in [-0.25, -0.2) is 4.79 Å². The molecule has 3 N–H and O–H groups in total. The average Bonchev–Trinajstić information content (AvgIpc) is 2.44. The summed E-state index contributed by atoms with van der Waals surface area (Å²) in [5.41, 5.74) is 7.68. The van der Waals surface area contributed by atoms with Crippen LogP contribution in [0.3, 0.4) is 0 Å². The largest absolute Gasteiger partial charge is 0.464 e. The highest BCUT2D eigenvalue weighted by Gasteiger charge is 2.22. The van der Waals surface area contributed by atoms with Crippen LogP contribution in [0.1, 0.15) is 37.8 Å². The number of amides is 1. The molecule has 0 fully saturated rings. The summed E-state index contributed by atoms with van der Waals surface area (Å²) in [6.07, 6.45) is 0. The molecule has 0 aromatic heterocycles. The summed E-state index contributed by atoms with van der Waals surface area (Å²) in [5, 5.41) is 2.62. The molecule has 1 rings (SSSR count). The van der Waals surface area contributed by atoms with E-state index in [0.717, 1.165) is 5.56 Å². The second-order valence-electron chi connectivity index (χ2n) is 4.84. The number of rotatable bonds is 6. The number of hydrogen-bond acceptors (Lipinski definition) is 4. The molecular formula is C15H22N2O3. The van der Waals surface area contributed by atoms with Gasteiger partial charge in [-0.05, 0) is 24.0 Å². The highest BCUT2D eigenvalue weighted by atomic mass is 16.5. The van der Waals surface area contributed by atoms with Crippen molar-refractivity contribution in [2.45, 2.75) is 39.3 Å². The summed E-state index contributed by atoms with van der Waals surface area (Å²) < 4.78 is 4.69. The molecule has 1 atom stereocenters. The average molecular weight is 278 g/mol. The van der Waals surface area contributed by atoms with Crippen molar-refractivity contribution in [2.75, 3.05) is 6.61 Å². The molecule has 110 valence electrons. The van der Waals surface area contributed by atoms with Crippen molar-refractivity contribution in [2.24, 2.45) is 5.73 Å². The second kappa shape index (κ2) is 7.65. The monoisotopic (exact) mass is 278 g/mol. The Bertz CT molecular complexity index is 455. The van der Waals surface area contributed by atoms with E-state index in [4.69, 9.17) is 10.5 Å². The second-order valence-corrected chi connectivity index (χ2v) is 4.84. The third kappa shape index (κ3) is 4.66. The summed E-state index contributed by atoms with van der Waals surface area (Å²) in [6.45, 7) is 6.45. The molecule has 1 amide bonds. The Balaban J connectivity index is 2.50. The lowest BCUT2D eigenvalue weighted by atomic mass is 10.0. The quantitative estimate of drug-likeness (QED) is 0.607. The first-order valence-corrected chi connectivity index (χ1v) is 6.74. The van der Waals surface area contributed by atoms with Crippen LogP contribution in [0.15, 0.2) is 24.3 Å². The van der Waals surface area contributed by atoms with Crippen LogP contribution in [0.2, 0.25) is 0 Å². The van der Waals surface area contributed by atoms with Crippen molar-refractivity contribution in [3.05, 3.63) is 35.4 Å². The van der Waals surface area contributed by atoms with E-state index in [-0.39, 0.29) is 6.61 Å². The van der Waals surface area contributed by atoms with Crippen molar-refractivity contribution in [1.82, 2.24) is 5.32 Å². The maximum absolute atomic E-state index is 11.7. The van der Waals surface area contributed by atoms with Crippen molar-refractivity contribution in [3.63, 3.8) is 0 Å². The fourth-order valence-corrected chi connectivity index (χ4v) is 1.66. The zero-order chi connectivity index (χ0) is 15.1. The van der Waals surface area contributed by atoms with Crippen LogP contribution in [-0.2, 0) is 20.9 Å². The molecule has 0 radical (unpaired) electrons. The van der Waals surface area contributed by atoms with Gasteiger partial charge in [0.15, 0.2) is 6.04 Å². The first-order valence-electron chi connectivity index (χ1n) is 6.74. The first-order chi connectivity index (χ1) is 9.45. The third-order valence-electron chi connectivity index (χ3n) is 2.94. The predicted molar refractivity (Wildman–Crippen MR) is 77.0 cm³/mol. The molecule has 0 saturated carbocycles. The summed E-state index contributed by atoms with van der Waals surface area (Å²) in [5.74, 6) is -0.771. The molecule has 20 heavy (non-hydrogen) atoms. The molecule has 0 aliphatic rings. The molecule has 1 aromatic carbocycles. The van der Waals surface area contributed by atoms with Crippen LogP contribution >= 0.6 is 0 Å². The van der Waals surface area contributed by atoms with Crippen molar-refractivity contribution in [1.29, 1.82) is 0 Å². The Morgan fingerprint density at radius 2 is 1.85 bits per heavy atom. The minimum absolute atomic E-state index is 0.205. The summed E-state index contributed by atoms with van der Waals surface area (Å²) in [4.78, 5) is 23.0. The molecule has 0 aliphatic carbocycles. The lowest BCUT2D eigenvalue weighted by Crippen LogP contribution is -2.46. The van der Waals surface area contributed by atoms with Crippen LogP contribution in [-0.4, -0.2) is 24.5 Å². The number of nitrogens with one attached hydrogen (secondary N) is 1. The fourth-order valence-electron chi connectivity index (χ4n) is 1.66. The maximum atomic E-state index is 11.7. The topological polar surface area (TPSA) is 81.4 Å². The zero-order valence-corrected chi connectivity index (χ0v) is 12.2. The lowest BCUT2D eigenvalue weighted by molar-refractivity contribution is -0.148. The van der Waals surface area contributed by atoms with Crippen LogP contribution in [0, 0.1) is 0 Å². The van der Waals surface area contributed by atoms with Crippen LogP contribution in [0.4, 0.5) is 0 Å². The Hall–Kier alpha value is -1.88. The van der Waals surface area contributed by atoms with E-state index in [1.807, 2.05) is 24.3 Å². The van der Waals surface area contributed by atoms with Gasteiger partial charge >= 0.3 is 5.97 Å². The van der Waals surface area contributed by atoms with Gasteiger partial charge in [0, 0.05) is 6.54 Å². The number of ether oxygens (including phenoxy) is 1. The lowest BCUT2D eigenvalue weighted by Gasteiger charge is -2.12. The van der Waals surface area contributed by atoms with Crippen LogP contribution < -0.4 is 11.1 Å². The van der Waals surface area contributed by atoms with E-state index in [1.165, 1.54) is 5.56 Å². The Morgan fingerprint density at radius 1 is 1.25 bits per heavy atom. The highest BCUT2D eigenvalue weighted by molar-refractivity contribution is 6.01. The molecule has 1 aromatic rings. The summed E-state index contributed by atoms with van der Waals surface area (Å²) in [7, 11) is 0. The molecule has 0 bridgehead atoms.